The van der Waals surface area contributed by atoms with Crippen LogP contribution in [0.15, 0.2) is 35.5 Å². The minimum Gasteiger partial charge on any atom is -0.508 e. The molecule has 0 saturated carbocycles. The fourth-order valence-electron chi connectivity index (χ4n) is 3.99. The average Bonchev–Trinajstić information content (AvgIpc) is 2.85. The van der Waals surface area contributed by atoms with Crippen LogP contribution in [0.25, 0.3) is 0 Å². The van der Waals surface area contributed by atoms with Crippen LogP contribution in [0.5, 0.6) is 5.75 Å². The Morgan fingerprint density at radius 2 is 2.08 bits per heavy atom. The zero-order valence-electron chi connectivity index (χ0n) is 14.1. The third kappa shape index (κ3) is 2.23. The van der Waals surface area contributed by atoms with Crippen LogP contribution in [0.4, 0.5) is 5.82 Å². The Labute approximate surface area is 140 Å². The molecule has 1 aliphatic carbocycles. The second-order valence-electron chi connectivity index (χ2n) is 7.60. The van der Waals surface area contributed by atoms with Gasteiger partial charge in [0.25, 0.3) is 0 Å². The number of carbonyl (C=O) groups is 1. The standard InChI is InChI=1S/C19H21N3O2/c1-10-15-16(11-5-4-6-12(23)7-11)17-13(20-18(15)22-21-10)8-19(2,3)9-14(17)24/h4-7,16,23H,8-9H2,1-3H3,(H2,20,21,22)/t16-/m0/s1. The number of fused-ring (bicyclic) bond motifs is 1. The number of anilines is 1. The number of nitrogens with one attached hydrogen (secondary N) is 2. The third-order valence-corrected chi connectivity index (χ3v) is 4.96. The lowest BCUT2D eigenvalue weighted by molar-refractivity contribution is -0.118. The summed E-state index contributed by atoms with van der Waals surface area (Å²) in [4.78, 5) is 13.0. The van der Waals surface area contributed by atoms with Gasteiger partial charge in [0.2, 0.25) is 0 Å². The molecule has 5 nitrogen and oxygen atoms in total. The summed E-state index contributed by atoms with van der Waals surface area (Å²) in [6.45, 7) is 6.20. The van der Waals surface area contributed by atoms with Gasteiger partial charge in [-0.25, -0.2) is 0 Å². The number of aromatic nitrogens is 2. The molecule has 0 fully saturated rings. The molecule has 124 valence electrons. The molecule has 0 bridgehead atoms. The lowest BCUT2D eigenvalue weighted by Crippen LogP contribution is -2.33. The average molecular weight is 323 g/mol. The Kier molecular flexibility index (Phi) is 3.10. The van der Waals surface area contributed by atoms with Crippen LogP contribution in [0.2, 0.25) is 0 Å². The molecular formula is C19H21N3O2. The third-order valence-electron chi connectivity index (χ3n) is 4.96. The molecule has 0 radical (unpaired) electrons. The molecule has 0 unspecified atom stereocenters. The van der Waals surface area contributed by atoms with Gasteiger partial charge in [0.05, 0.1) is 0 Å². The fraction of sp³-hybridized carbons (Fsp3) is 0.368. The van der Waals surface area contributed by atoms with Gasteiger partial charge in [-0.1, -0.05) is 26.0 Å². The van der Waals surface area contributed by atoms with Gasteiger partial charge < -0.3 is 10.4 Å². The largest absolute Gasteiger partial charge is 0.508 e. The van der Waals surface area contributed by atoms with Crippen molar-refractivity contribution < 1.29 is 9.90 Å². The SMILES string of the molecule is Cc1[nH]nc2c1[C@H](c1cccc(O)c1)C1=C(CC(C)(C)CC1=O)N2. The van der Waals surface area contributed by atoms with Gasteiger partial charge >= 0.3 is 0 Å². The number of hydrogen-bond donors (Lipinski definition) is 3. The molecule has 0 saturated heterocycles. The first-order valence-corrected chi connectivity index (χ1v) is 8.23. The highest BCUT2D eigenvalue weighted by Crippen LogP contribution is 2.49. The Bertz CT molecular complexity index is 876. The summed E-state index contributed by atoms with van der Waals surface area (Å²) in [5.74, 6) is 0.976. The number of nitrogens with zero attached hydrogens (tertiary/aromatic N) is 1. The molecular weight excluding hydrogens is 302 g/mol. The van der Waals surface area contributed by atoms with Crippen LogP contribution < -0.4 is 5.32 Å². The van der Waals surface area contributed by atoms with Gasteiger partial charge in [0.15, 0.2) is 11.6 Å². The van der Waals surface area contributed by atoms with Crippen molar-refractivity contribution in [2.45, 2.75) is 39.5 Å². The highest BCUT2D eigenvalue weighted by Gasteiger charge is 2.42. The number of phenols is 1. The molecule has 1 aliphatic heterocycles. The van der Waals surface area contributed by atoms with E-state index in [0.29, 0.717) is 6.42 Å². The van der Waals surface area contributed by atoms with Crippen LogP contribution in [-0.4, -0.2) is 21.1 Å². The molecule has 2 aliphatic rings. The van der Waals surface area contributed by atoms with Crippen LogP contribution in [0, 0.1) is 12.3 Å². The minimum atomic E-state index is -0.189. The Hall–Kier alpha value is -2.56. The summed E-state index contributed by atoms with van der Waals surface area (Å²) in [6, 6.07) is 7.17. The molecule has 1 aromatic carbocycles. The van der Waals surface area contributed by atoms with Crippen LogP contribution in [0.3, 0.4) is 0 Å². The van der Waals surface area contributed by atoms with Gasteiger partial charge in [-0.2, -0.15) is 5.10 Å². The van der Waals surface area contributed by atoms with Crippen molar-refractivity contribution in [2.75, 3.05) is 5.32 Å². The van der Waals surface area contributed by atoms with Crippen molar-refractivity contribution in [3.63, 3.8) is 0 Å². The van der Waals surface area contributed by atoms with E-state index in [9.17, 15) is 9.90 Å². The van der Waals surface area contributed by atoms with E-state index in [1.165, 1.54) is 0 Å². The topological polar surface area (TPSA) is 78.0 Å². The molecule has 24 heavy (non-hydrogen) atoms. The maximum absolute atomic E-state index is 13.0. The second-order valence-corrected chi connectivity index (χ2v) is 7.60. The number of aromatic hydroxyl groups is 1. The van der Waals surface area contributed by atoms with E-state index in [-0.39, 0.29) is 22.9 Å². The molecule has 2 heterocycles. The number of phenolic OH excluding ortho intramolecular Hbond substituents is 1. The Balaban J connectivity index is 1.95. The van der Waals surface area contributed by atoms with Crippen molar-refractivity contribution in [1.82, 2.24) is 10.2 Å². The number of hydrogen-bond acceptors (Lipinski definition) is 4. The number of aryl methyl sites for hydroxylation is 1. The van der Waals surface area contributed by atoms with Gasteiger partial charge in [-0.05, 0) is 36.5 Å². The van der Waals surface area contributed by atoms with Crippen molar-refractivity contribution >= 4 is 11.6 Å². The van der Waals surface area contributed by atoms with E-state index < -0.39 is 0 Å². The molecule has 0 amide bonds. The van der Waals surface area contributed by atoms with Gasteiger partial charge in [0.1, 0.15) is 5.75 Å². The molecule has 1 aromatic heterocycles. The summed E-state index contributed by atoms with van der Waals surface area (Å²) in [5, 5.41) is 20.7. The number of ketones is 1. The Morgan fingerprint density at radius 1 is 1.29 bits per heavy atom. The quantitative estimate of drug-likeness (QED) is 0.749. The lowest BCUT2D eigenvalue weighted by Gasteiger charge is -2.38. The monoisotopic (exact) mass is 323 g/mol. The maximum atomic E-state index is 13.0. The molecule has 3 N–H and O–H groups in total. The number of H-pyrrole nitrogens is 1. The maximum Gasteiger partial charge on any atom is 0.162 e. The number of carbonyl (C=O) groups excluding carboxylic acids is 1. The zero-order chi connectivity index (χ0) is 17.1. The van der Waals surface area contributed by atoms with E-state index >= 15 is 0 Å². The molecule has 4 rings (SSSR count). The van der Waals surface area contributed by atoms with Crippen molar-refractivity contribution in [3.05, 3.63) is 52.4 Å². The molecule has 0 spiro atoms. The van der Waals surface area contributed by atoms with Crippen LogP contribution in [-0.2, 0) is 4.79 Å². The van der Waals surface area contributed by atoms with E-state index in [2.05, 4.69) is 29.4 Å². The van der Waals surface area contributed by atoms with Gasteiger partial charge in [0, 0.05) is 34.9 Å². The summed E-state index contributed by atoms with van der Waals surface area (Å²) in [6.07, 6.45) is 1.35. The van der Waals surface area contributed by atoms with Crippen LogP contribution >= 0.6 is 0 Å². The highest BCUT2D eigenvalue weighted by molar-refractivity contribution is 6.01. The molecule has 2 aromatic rings. The first kappa shape index (κ1) is 15.0. The van der Waals surface area contributed by atoms with E-state index in [1.807, 2.05) is 19.1 Å². The fourth-order valence-corrected chi connectivity index (χ4v) is 3.99. The van der Waals surface area contributed by atoms with E-state index in [4.69, 9.17) is 0 Å². The van der Waals surface area contributed by atoms with Crippen LogP contribution in [0.1, 0.15) is 49.4 Å². The van der Waals surface area contributed by atoms with Crippen molar-refractivity contribution in [1.29, 1.82) is 0 Å². The Morgan fingerprint density at radius 3 is 2.83 bits per heavy atom. The van der Waals surface area contributed by atoms with Crippen molar-refractivity contribution in [3.8, 4) is 5.75 Å². The summed E-state index contributed by atoms with van der Waals surface area (Å²) >= 11 is 0. The lowest BCUT2D eigenvalue weighted by atomic mass is 9.69. The summed E-state index contributed by atoms with van der Waals surface area (Å²) < 4.78 is 0. The number of Topliss-reactive ketones (excluding diaryl/α,β-unsaturated/α-hetero) is 1. The summed E-state index contributed by atoms with van der Waals surface area (Å²) in [5.41, 5.74) is 4.57. The number of rotatable bonds is 1. The molecule has 5 heteroatoms. The van der Waals surface area contributed by atoms with Gasteiger partial charge in [-0.15, -0.1) is 0 Å². The predicted octanol–water partition coefficient (Wildman–Crippen LogP) is 3.62. The number of aromatic amines is 1. The first-order chi connectivity index (χ1) is 11.4. The summed E-state index contributed by atoms with van der Waals surface area (Å²) in [7, 11) is 0. The van der Waals surface area contributed by atoms with Gasteiger partial charge in [-0.3, -0.25) is 9.89 Å². The highest BCUT2D eigenvalue weighted by atomic mass is 16.3. The number of benzene rings is 1. The van der Waals surface area contributed by atoms with E-state index in [1.54, 1.807) is 12.1 Å². The molecule has 1 atom stereocenters. The van der Waals surface area contributed by atoms with E-state index in [0.717, 1.165) is 40.3 Å². The normalized spacial score (nSPS) is 22.0. The zero-order valence-corrected chi connectivity index (χ0v) is 14.1. The first-order valence-electron chi connectivity index (χ1n) is 8.23. The smallest absolute Gasteiger partial charge is 0.162 e. The predicted molar refractivity (Wildman–Crippen MR) is 91.9 cm³/mol. The second kappa shape index (κ2) is 4.97. The minimum absolute atomic E-state index is 0.0604. The number of allylic oxidation sites excluding steroid dienone is 2. The van der Waals surface area contributed by atoms with Crippen molar-refractivity contribution in [2.24, 2.45) is 5.41 Å².